The summed E-state index contributed by atoms with van der Waals surface area (Å²) >= 11 is 0. The summed E-state index contributed by atoms with van der Waals surface area (Å²) in [6.07, 6.45) is 4.74. The van der Waals surface area contributed by atoms with Gasteiger partial charge in [-0.15, -0.1) is 0 Å². The Bertz CT molecular complexity index is 217. The molecule has 1 atom stereocenters. The van der Waals surface area contributed by atoms with E-state index in [2.05, 4.69) is 17.6 Å². The zero-order valence-corrected chi connectivity index (χ0v) is 8.94. The molecule has 0 aromatic heterocycles. The van der Waals surface area contributed by atoms with Gasteiger partial charge in [0.25, 0.3) is 0 Å². The average Bonchev–Trinajstić information content (AvgIpc) is 2.99. The molecule has 0 radical (unpaired) electrons. The normalized spacial score (nSPS) is 32.6. The number of nitrogens with one attached hydrogen (secondary N) is 2. The Morgan fingerprint density at radius 2 is 2.36 bits per heavy atom. The lowest BCUT2D eigenvalue weighted by molar-refractivity contribution is -0.131. The fourth-order valence-electron chi connectivity index (χ4n) is 2.02. The topological polar surface area (TPSA) is 41.1 Å². The second-order valence-corrected chi connectivity index (χ2v) is 4.99. The highest BCUT2D eigenvalue weighted by molar-refractivity contribution is 5.82. The van der Waals surface area contributed by atoms with Crippen molar-refractivity contribution in [2.45, 2.75) is 32.6 Å². The predicted octanol–water partition coefficient (Wildman–Crippen LogP) is 0.902. The maximum absolute atomic E-state index is 11.9. The van der Waals surface area contributed by atoms with Crippen LogP contribution >= 0.6 is 0 Å². The van der Waals surface area contributed by atoms with Gasteiger partial charge in [0.1, 0.15) is 0 Å². The minimum atomic E-state index is -0.160. The first-order chi connectivity index (χ1) is 6.71. The van der Waals surface area contributed by atoms with Crippen molar-refractivity contribution < 1.29 is 4.79 Å². The van der Waals surface area contributed by atoms with Gasteiger partial charge in [-0.2, -0.15) is 0 Å². The lowest BCUT2D eigenvalue weighted by atomic mass is 9.82. The first-order valence-corrected chi connectivity index (χ1v) is 5.70. The van der Waals surface area contributed by atoms with E-state index in [9.17, 15) is 4.79 Å². The van der Waals surface area contributed by atoms with Gasteiger partial charge >= 0.3 is 0 Å². The summed E-state index contributed by atoms with van der Waals surface area (Å²) in [5, 5.41) is 6.37. The minimum absolute atomic E-state index is 0.160. The molecule has 0 spiro atoms. The molecule has 1 saturated carbocycles. The maximum atomic E-state index is 11.9. The third kappa shape index (κ3) is 2.27. The average molecular weight is 196 g/mol. The van der Waals surface area contributed by atoms with Crippen LogP contribution in [0.15, 0.2) is 0 Å². The van der Waals surface area contributed by atoms with Gasteiger partial charge < -0.3 is 10.6 Å². The molecule has 2 fully saturated rings. The molecule has 1 amide bonds. The Kier molecular flexibility index (Phi) is 2.77. The van der Waals surface area contributed by atoms with Crippen LogP contribution < -0.4 is 10.6 Å². The smallest absolute Gasteiger partial charge is 0.227 e. The summed E-state index contributed by atoms with van der Waals surface area (Å²) in [6, 6.07) is 0. The molecule has 2 aliphatic rings. The fraction of sp³-hybridized carbons (Fsp3) is 0.909. The molecule has 1 unspecified atom stereocenters. The van der Waals surface area contributed by atoms with Crippen molar-refractivity contribution in [1.29, 1.82) is 0 Å². The van der Waals surface area contributed by atoms with Crippen molar-refractivity contribution in [3.8, 4) is 0 Å². The van der Waals surface area contributed by atoms with Crippen LogP contribution in [0.2, 0.25) is 0 Å². The Morgan fingerprint density at radius 3 is 2.93 bits per heavy atom. The highest BCUT2D eigenvalue weighted by Gasteiger charge is 2.35. The number of hydrogen-bond donors (Lipinski definition) is 2. The monoisotopic (exact) mass is 196 g/mol. The molecule has 1 aliphatic carbocycles. The Morgan fingerprint density at radius 1 is 1.57 bits per heavy atom. The molecule has 1 saturated heterocycles. The Hall–Kier alpha value is -0.570. The van der Waals surface area contributed by atoms with Gasteiger partial charge in [-0.3, -0.25) is 4.79 Å². The van der Waals surface area contributed by atoms with Crippen LogP contribution in [-0.4, -0.2) is 25.5 Å². The van der Waals surface area contributed by atoms with E-state index in [1.807, 2.05) is 0 Å². The van der Waals surface area contributed by atoms with Crippen molar-refractivity contribution in [2.75, 3.05) is 19.6 Å². The first-order valence-electron chi connectivity index (χ1n) is 5.70. The Balaban J connectivity index is 1.80. The number of amides is 1. The van der Waals surface area contributed by atoms with Gasteiger partial charge in [0, 0.05) is 13.1 Å². The van der Waals surface area contributed by atoms with Gasteiger partial charge in [-0.05, 0) is 45.1 Å². The van der Waals surface area contributed by atoms with Gasteiger partial charge in [-0.1, -0.05) is 0 Å². The van der Waals surface area contributed by atoms with Crippen molar-refractivity contribution in [1.82, 2.24) is 10.6 Å². The highest BCUT2D eigenvalue weighted by atomic mass is 16.2. The van der Waals surface area contributed by atoms with Crippen LogP contribution in [-0.2, 0) is 4.79 Å². The van der Waals surface area contributed by atoms with E-state index in [-0.39, 0.29) is 11.3 Å². The molecule has 3 heteroatoms. The SMILES string of the molecule is CC1(C(=O)NCC2CC2)CCCNC1. The number of piperidine rings is 1. The zero-order chi connectivity index (χ0) is 10.0. The summed E-state index contributed by atoms with van der Waals surface area (Å²) in [7, 11) is 0. The molecule has 0 aromatic rings. The number of rotatable bonds is 3. The Labute approximate surface area is 85.6 Å². The van der Waals surface area contributed by atoms with E-state index in [1.54, 1.807) is 0 Å². The third-order valence-corrected chi connectivity index (χ3v) is 3.39. The van der Waals surface area contributed by atoms with Crippen molar-refractivity contribution in [3.05, 3.63) is 0 Å². The maximum Gasteiger partial charge on any atom is 0.227 e. The van der Waals surface area contributed by atoms with Crippen LogP contribution in [0.5, 0.6) is 0 Å². The van der Waals surface area contributed by atoms with E-state index in [4.69, 9.17) is 0 Å². The molecular weight excluding hydrogens is 176 g/mol. The second-order valence-electron chi connectivity index (χ2n) is 4.99. The largest absolute Gasteiger partial charge is 0.355 e. The zero-order valence-electron chi connectivity index (χ0n) is 8.94. The predicted molar refractivity (Wildman–Crippen MR) is 55.9 cm³/mol. The molecule has 0 aromatic carbocycles. The van der Waals surface area contributed by atoms with Crippen molar-refractivity contribution in [3.63, 3.8) is 0 Å². The molecule has 1 aliphatic heterocycles. The summed E-state index contributed by atoms with van der Waals surface area (Å²) < 4.78 is 0. The molecule has 0 bridgehead atoms. The van der Waals surface area contributed by atoms with E-state index in [1.165, 1.54) is 12.8 Å². The quantitative estimate of drug-likeness (QED) is 0.704. The number of carbonyl (C=O) groups is 1. The van der Waals surface area contributed by atoms with E-state index in [0.29, 0.717) is 0 Å². The first kappa shape index (κ1) is 9.97. The molecular formula is C11H20N2O. The molecule has 2 rings (SSSR count). The van der Waals surface area contributed by atoms with Crippen LogP contribution in [0.1, 0.15) is 32.6 Å². The van der Waals surface area contributed by atoms with Crippen LogP contribution in [0.3, 0.4) is 0 Å². The summed E-state index contributed by atoms with van der Waals surface area (Å²) in [4.78, 5) is 11.9. The summed E-state index contributed by atoms with van der Waals surface area (Å²) in [6.45, 7) is 4.87. The van der Waals surface area contributed by atoms with Crippen molar-refractivity contribution >= 4 is 5.91 Å². The van der Waals surface area contributed by atoms with E-state index >= 15 is 0 Å². The summed E-state index contributed by atoms with van der Waals surface area (Å²) in [5.74, 6) is 1.02. The van der Waals surface area contributed by atoms with Gasteiger partial charge in [0.05, 0.1) is 5.41 Å². The molecule has 2 N–H and O–H groups in total. The number of hydrogen-bond acceptors (Lipinski definition) is 2. The van der Waals surface area contributed by atoms with Crippen LogP contribution in [0.4, 0.5) is 0 Å². The minimum Gasteiger partial charge on any atom is -0.355 e. The molecule has 14 heavy (non-hydrogen) atoms. The number of carbonyl (C=O) groups excluding carboxylic acids is 1. The van der Waals surface area contributed by atoms with Crippen LogP contribution in [0, 0.1) is 11.3 Å². The second kappa shape index (κ2) is 3.89. The summed E-state index contributed by atoms with van der Waals surface area (Å²) in [5.41, 5.74) is -0.160. The molecule has 3 nitrogen and oxygen atoms in total. The van der Waals surface area contributed by atoms with Gasteiger partial charge in [-0.25, -0.2) is 0 Å². The van der Waals surface area contributed by atoms with Gasteiger partial charge in [0.2, 0.25) is 5.91 Å². The fourth-order valence-corrected chi connectivity index (χ4v) is 2.02. The lowest BCUT2D eigenvalue weighted by Crippen LogP contribution is -2.49. The lowest BCUT2D eigenvalue weighted by Gasteiger charge is -2.32. The molecule has 1 heterocycles. The van der Waals surface area contributed by atoms with Crippen LogP contribution in [0.25, 0.3) is 0 Å². The highest BCUT2D eigenvalue weighted by Crippen LogP contribution is 2.29. The van der Waals surface area contributed by atoms with E-state index in [0.717, 1.165) is 38.4 Å². The van der Waals surface area contributed by atoms with E-state index < -0.39 is 0 Å². The molecule has 80 valence electrons. The van der Waals surface area contributed by atoms with Crippen molar-refractivity contribution in [2.24, 2.45) is 11.3 Å². The standard InChI is InChI=1S/C11H20N2O/c1-11(5-2-6-12-8-11)10(14)13-7-9-3-4-9/h9,12H,2-8H2,1H3,(H,13,14). The third-order valence-electron chi connectivity index (χ3n) is 3.39. The van der Waals surface area contributed by atoms with Gasteiger partial charge in [0.15, 0.2) is 0 Å².